The van der Waals surface area contributed by atoms with Crippen LogP contribution in [0.3, 0.4) is 0 Å². The second-order valence-electron chi connectivity index (χ2n) is 7.66. The van der Waals surface area contributed by atoms with Crippen LogP contribution < -0.4 is 5.32 Å². The molecule has 162 valence electrons. The SMILES string of the molecule is C[C@H](NCc1ccccc1-n1ccnc1)[C@H]1CN(C(=O)OCc2ccccc2)CCO1. The van der Waals surface area contributed by atoms with Crippen molar-refractivity contribution in [2.75, 3.05) is 19.7 Å². The molecule has 1 aromatic heterocycles. The fourth-order valence-corrected chi connectivity index (χ4v) is 3.67. The van der Waals surface area contributed by atoms with Crippen molar-refractivity contribution in [2.24, 2.45) is 0 Å². The molecular weight excluding hydrogens is 392 g/mol. The van der Waals surface area contributed by atoms with Crippen molar-refractivity contribution in [3.8, 4) is 5.69 Å². The van der Waals surface area contributed by atoms with Crippen LogP contribution in [0, 0.1) is 0 Å². The highest BCUT2D eigenvalue weighted by atomic mass is 16.6. The summed E-state index contributed by atoms with van der Waals surface area (Å²) >= 11 is 0. The molecule has 7 heteroatoms. The number of imidazole rings is 1. The Morgan fingerprint density at radius 1 is 1.23 bits per heavy atom. The maximum atomic E-state index is 12.5. The molecule has 7 nitrogen and oxygen atoms in total. The summed E-state index contributed by atoms with van der Waals surface area (Å²) in [5.74, 6) is 0. The lowest BCUT2D eigenvalue weighted by Gasteiger charge is -2.35. The van der Waals surface area contributed by atoms with E-state index < -0.39 is 0 Å². The number of benzene rings is 2. The molecule has 0 aliphatic carbocycles. The minimum Gasteiger partial charge on any atom is -0.445 e. The standard InChI is InChI=1S/C24H28N4O3/c1-19(26-15-21-9-5-6-10-22(21)28-12-11-25-18-28)23-16-27(13-14-30-23)24(29)31-17-20-7-3-2-4-8-20/h2-12,18-19,23,26H,13-17H2,1H3/t19-,23+/m0/s1. The second kappa shape index (κ2) is 10.2. The molecule has 1 amide bonds. The number of rotatable bonds is 7. The van der Waals surface area contributed by atoms with E-state index in [1.807, 2.05) is 53.2 Å². The number of hydrogen-bond donors (Lipinski definition) is 1. The smallest absolute Gasteiger partial charge is 0.410 e. The first-order valence-electron chi connectivity index (χ1n) is 10.6. The van der Waals surface area contributed by atoms with Crippen molar-refractivity contribution in [3.63, 3.8) is 0 Å². The molecular formula is C24H28N4O3. The van der Waals surface area contributed by atoms with Crippen LogP contribution >= 0.6 is 0 Å². The summed E-state index contributed by atoms with van der Waals surface area (Å²) in [6.07, 6.45) is 5.11. The van der Waals surface area contributed by atoms with Gasteiger partial charge in [-0.25, -0.2) is 9.78 Å². The minimum atomic E-state index is -0.296. The van der Waals surface area contributed by atoms with E-state index in [2.05, 4.69) is 29.4 Å². The van der Waals surface area contributed by atoms with E-state index in [0.717, 1.165) is 11.3 Å². The molecule has 0 unspecified atom stereocenters. The fourth-order valence-electron chi connectivity index (χ4n) is 3.67. The highest BCUT2D eigenvalue weighted by Gasteiger charge is 2.29. The minimum absolute atomic E-state index is 0.0700. The summed E-state index contributed by atoms with van der Waals surface area (Å²) in [6.45, 7) is 4.60. The molecule has 2 heterocycles. The number of ether oxygens (including phenoxy) is 2. The molecule has 1 aliphatic rings. The van der Waals surface area contributed by atoms with Crippen LogP contribution in [0.15, 0.2) is 73.3 Å². The normalized spacial score (nSPS) is 17.3. The van der Waals surface area contributed by atoms with Gasteiger partial charge < -0.3 is 24.3 Å². The molecule has 1 N–H and O–H groups in total. The Kier molecular flexibility index (Phi) is 6.96. The predicted molar refractivity (Wildman–Crippen MR) is 118 cm³/mol. The average molecular weight is 421 g/mol. The largest absolute Gasteiger partial charge is 0.445 e. The third-order valence-corrected chi connectivity index (χ3v) is 5.50. The Balaban J connectivity index is 1.30. The number of amides is 1. The van der Waals surface area contributed by atoms with Crippen molar-refractivity contribution >= 4 is 6.09 Å². The molecule has 31 heavy (non-hydrogen) atoms. The van der Waals surface area contributed by atoms with Crippen LogP contribution in [-0.2, 0) is 22.6 Å². The van der Waals surface area contributed by atoms with Crippen LogP contribution in [0.4, 0.5) is 4.79 Å². The van der Waals surface area contributed by atoms with Gasteiger partial charge in [-0.1, -0.05) is 48.5 Å². The summed E-state index contributed by atoms with van der Waals surface area (Å²) < 4.78 is 13.4. The van der Waals surface area contributed by atoms with E-state index in [0.29, 0.717) is 26.2 Å². The molecule has 1 saturated heterocycles. The van der Waals surface area contributed by atoms with Crippen molar-refractivity contribution in [1.82, 2.24) is 19.8 Å². The van der Waals surface area contributed by atoms with E-state index in [9.17, 15) is 4.79 Å². The van der Waals surface area contributed by atoms with Gasteiger partial charge in [-0.05, 0) is 24.1 Å². The molecule has 0 radical (unpaired) electrons. The molecule has 2 aromatic carbocycles. The number of nitrogens with one attached hydrogen (secondary N) is 1. The molecule has 1 aliphatic heterocycles. The van der Waals surface area contributed by atoms with Gasteiger partial charge in [0.2, 0.25) is 0 Å². The Labute approximate surface area is 182 Å². The van der Waals surface area contributed by atoms with Gasteiger partial charge in [0.25, 0.3) is 0 Å². The van der Waals surface area contributed by atoms with Gasteiger partial charge in [0, 0.05) is 31.5 Å². The van der Waals surface area contributed by atoms with Crippen LogP contribution in [0.25, 0.3) is 5.69 Å². The number of aromatic nitrogens is 2. The molecule has 1 fully saturated rings. The maximum Gasteiger partial charge on any atom is 0.410 e. The summed E-state index contributed by atoms with van der Waals surface area (Å²) in [7, 11) is 0. The fraction of sp³-hybridized carbons (Fsp3) is 0.333. The van der Waals surface area contributed by atoms with Crippen LogP contribution in [0.1, 0.15) is 18.1 Å². The monoisotopic (exact) mass is 420 g/mol. The lowest BCUT2D eigenvalue weighted by Crippen LogP contribution is -2.52. The number of carbonyl (C=O) groups excluding carboxylic acids is 1. The highest BCUT2D eigenvalue weighted by Crippen LogP contribution is 2.16. The van der Waals surface area contributed by atoms with Gasteiger partial charge >= 0.3 is 6.09 Å². The molecule has 0 bridgehead atoms. The second-order valence-corrected chi connectivity index (χ2v) is 7.66. The molecule has 0 spiro atoms. The first-order chi connectivity index (χ1) is 15.2. The highest BCUT2D eigenvalue weighted by molar-refractivity contribution is 5.67. The van der Waals surface area contributed by atoms with Gasteiger partial charge in [-0.2, -0.15) is 0 Å². The predicted octanol–water partition coefficient (Wildman–Crippen LogP) is 3.39. The molecule has 2 atom stereocenters. The zero-order chi connectivity index (χ0) is 21.5. The zero-order valence-corrected chi connectivity index (χ0v) is 17.7. The van der Waals surface area contributed by atoms with E-state index in [1.54, 1.807) is 17.4 Å². The lowest BCUT2D eigenvalue weighted by molar-refractivity contribution is -0.0419. The Hall–Kier alpha value is -3.16. The van der Waals surface area contributed by atoms with Gasteiger partial charge in [-0.3, -0.25) is 0 Å². The molecule has 0 saturated carbocycles. The van der Waals surface area contributed by atoms with Crippen molar-refractivity contribution in [3.05, 3.63) is 84.4 Å². The van der Waals surface area contributed by atoms with Gasteiger partial charge in [-0.15, -0.1) is 0 Å². The zero-order valence-electron chi connectivity index (χ0n) is 17.7. The van der Waals surface area contributed by atoms with Gasteiger partial charge in [0.05, 0.1) is 31.3 Å². The van der Waals surface area contributed by atoms with Gasteiger partial charge in [0.15, 0.2) is 0 Å². The summed E-state index contributed by atoms with van der Waals surface area (Å²) in [6, 6.07) is 18.0. The lowest BCUT2D eigenvalue weighted by atomic mass is 10.1. The van der Waals surface area contributed by atoms with Crippen molar-refractivity contribution in [1.29, 1.82) is 0 Å². The van der Waals surface area contributed by atoms with Crippen molar-refractivity contribution < 1.29 is 14.3 Å². The number of carbonyl (C=O) groups is 1. The Morgan fingerprint density at radius 2 is 2.03 bits per heavy atom. The average Bonchev–Trinajstić information content (AvgIpc) is 3.37. The number of nitrogens with zero attached hydrogens (tertiary/aromatic N) is 3. The first kappa shape index (κ1) is 21.1. The summed E-state index contributed by atoms with van der Waals surface area (Å²) in [4.78, 5) is 18.4. The Morgan fingerprint density at radius 3 is 2.84 bits per heavy atom. The van der Waals surface area contributed by atoms with Crippen LogP contribution in [0.2, 0.25) is 0 Å². The van der Waals surface area contributed by atoms with E-state index in [1.165, 1.54) is 5.56 Å². The van der Waals surface area contributed by atoms with Crippen LogP contribution in [0.5, 0.6) is 0 Å². The quantitative estimate of drug-likeness (QED) is 0.635. The van der Waals surface area contributed by atoms with Crippen molar-refractivity contribution in [2.45, 2.75) is 32.2 Å². The van der Waals surface area contributed by atoms with E-state index in [-0.39, 0.29) is 24.8 Å². The van der Waals surface area contributed by atoms with E-state index >= 15 is 0 Å². The maximum absolute atomic E-state index is 12.5. The molecule has 3 aromatic rings. The Bertz CT molecular complexity index is 962. The summed E-state index contributed by atoms with van der Waals surface area (Å²) in [5.41, 5.74) is 3.24. The number of para-hydroxylation sites is 1. The van der Waals surface area contributed by atoms with Crippen LogP contribution in [-0.4, -0.2) is 52.4 Å². The third-order valence-electron chi connectivity index (χ3n) is 5.50. The molecule has 4 rings (SSSR count). The first-order valence-corrected chi connectivity index (χ1v) is 10.6. The number of morpholine rings is 1. The van der Waals surface area contributed by atoms with E-state index in [4.69, 9.17) is 9.47 Å². The van der Waals surface area contributed by atoms with Gasteiger partial charge in [0.1, 0.15) is 6.61 Å². The number of hydrogen-bond acceptors (Lipinski definition) is 5. The topological polar surface area (TPSA) is 68.6 Å². The summed E-state index contributed by atoms with van der Waals surface area (Å²) in [5, 5.41) is 3.55. The third kappa shape index (κ3) is 5.51.